The van der Waals surface area contributed by atoms with E-state index in [9.17, 15) is 14.4 Å². The largest absolute Gasteiger partial charge is 0.427 e. The number of rotatable bonds is 4. The van der Waals surface area contributed by atoms with Crippen LogP contribution in [0.2, 0.25) is 0 Å². The van der Waals surface area contributed by atoms with Gasteiger partial charge in [0.2, 0.25) is 6.79 Å². The second-order valence-electron chi connectivity index (χ2n) is 7.55. The topological polar surface area (TPSA) is 109 Å². The van der Waals surface area contributed by atoms with Gasteiger partial charge >= 0.3 is 11.9 Å². The van der Waals surface area contributed by atoms with Gasteiger partial charge in [0, 0.05) is 12.3 Å². The first kappa shape index (κ1) is 22.4. The number of hydrogen-bond donors (Lipinski definition) is 2. The maximum Gasteiger partial charge on any atom is 0.357 e. The molecular weight excluding hydrogens is 408 g/mol. The molecule has 156 valence electrons. The lowest BCUT2D eigenvalue weighted by Crippen LogP contribution is -2.71. The normalized spacial score (nSPS) is 23.6. The number of nitrogens with one attached hydrogen (secondary N) is 2. The van der Waals surface area contributed by atoms with Gasteiger partial charge in [0.05, 0.1) is 12.0 Å². The summed E-state index contributed by atoms with van der Waals surface area (Å²) >= 11 is 1.58. The van der Waals surface area contributed by atoms with Crippen LogP contribution in [-0.4, -0.2) is 65.8 Å². The van der Waals surface area contributed by atoms with E-state index in [4.69, 9.17) is 9.47 Å². The van der Waals surface area contributed by atoms with Crippen LogP contribution >= 0.6 is 24.2 Å². The number of carbonyl (C=O) groups is 3. The number of esters is 2. The van der Waals surface area contributed by atoms with Crippen LogP contribution < -0.4 is 10.6 Å². The van der Waals surface area contributed by atoms with Crippen molar-refractivity contribution in [3.63, 3.8) is 0 Å². The van der Waals surface area contributed by atoms with Crippen LogP contribution in [0.3, 0.4) is 0 Å². The van der Waals surface area contributed by atoms with E-state index in [1.807, 2.05) is 0 Å². The zero-order valence-electron chi connectivity index (χ0n) is 16.2. The molecule has 0 aromatic rings. The Balaban J connectivity index is 0.00000280. The molecule has 1 saturated heterocycles. The van der Waals surface area contributed by atoms with E-state index in [1.165, 1.54) is 4.90 Å². The van der Waals surface area contributed by atoms with Gasteiger partial charge in [-0.1, -0.05) is 0 Å². The minimum Gasteiger partial charge on any atom is -0.427 e. The number of aliphatic imine (C=N–C) groups is 1. The third kappa shape index (κ3) is 4.38. The van der Waals surface area contributed by atoms with Gasteiger partial charge in [-0.3, -0.25) is 19.5 Å². The second-order valence-corrected chi connectivity index (χ2v) is 8.65. The molecule has 3 heterocycles. The van der Waals surface area contributed by atoms with Crippen molar-refractivity contribution in [3.8, 4) is 0 Å². The summed E-state index contributed by atoms with van der Waals surface area (Å²) in [4.78, 5) is 42.5. The van der Waals surface area contributed by atoms with Gasteiger partial charge < -0.3 is 20.1 Å². The Hall–Kier alpha value is -1.94. The van der Waals surface area contributed by atoms with Crippen molar-refractivity contribution < 1.29 is 23.9 Å². The summed E-state index contributed by atoms with van der Waals surface area (Å²) in [5.74, 6) is -0.117. The molecule has 2 N–H and O–H groups in total. The van der Waals surface area contributed by atoms with Gasteiger partial charge in [-0.25, -0.2) is 4.79 Å². The predicted octanol–water partition coefficient (Wildman–Crippen LogP) is 0.605. The molecule has 1 amide bonds. The van der Waals surface area contributed by atoms with Gasteiger partial charge in [-0.05, 0) is 33.3 Å². The Morgan fingerprint density at radius 1 is 1.36 bits per heavy atom. The lowest BCUT2D eigenvalue weighted by molar-refractivity contribution is -0.173. The summed E-state index contributed by atoms with van der Waals surface area (Å²) in [7, 11) is 0. The number of halogens is 1. The van der Waals surface area contributed by atoms with Crippen molar-refractivity contribution in [1.29, 1.82) is 0 Å². The second kappa shape index (κ2) is 8.60. The fourth-order valence-electron chi connectivity index (χ4n) is 2.83. The molecule has 3 rings (SSSR count). The first-order chi connectivity index (χ1) is 12.7. The fraction of sp³-hybridized carbons (Fsp3) is 0.647. The van der Waals surface area contributed by atoms with E-state index in [0.29, 0.717) is 18.3 Å². The van der Waals surface area contributed by atoms with Crippen molar-refractivity contribution in [2.45, 2.75) is 39.1 Å². The highest BCUT2D eigenvalue weighted by molar-refractivity contribution is 8.00. The molecule has 0 radical (unpaired) electrons. The summed E-state index contributed by atoms with van der Waals surface area (Å²) in [6.07, 6.45) is 0. The van der Waals surface area contributed by atoms with E-state index in [0.717, 1.165) is 12.1 Å². The Kier molecular flexibility index (Phi) is 6.87. The van der Waals surface area contributed by atoms with Crippen LogP contribution in [0.15, 0.2) is 16.3 Å². The molecule has 0 aliphatic carbocycles. The zero-order valence-corrected chi connectivity index (χ0v) is 17.9. The van der Waals surface area contributed by atoms with Crippen LogP contribution in [0, 0.1) is 5.41 Å². The molecule has 9 nitrogen and oxygen atoms in total. The van der Waals surface area contributed by atoms with E-state index in [1.54, 1.807) is 39.5 Å². The maximum absolute atomic E-state index is 12.6. The highest BCUT2D eigenvalue weighted by Gasteiger charge is 2.53. The third-order valence-electron chi connectivity index (χ3n) is 4.31. The van der Waals surface area contributed by atoms with Gasteiger partial charge in [0.15, 0.2) is 5.96 Å². The molecule has 0 aromatic heterocycles. The highest BCUT2D eigenvalue weighted by Crippen LogP contribution is 2.40. The number of guanidine groups is 1. The molecule has 28 heavy (non-hydrogen) atoms. The predicted molar refractivity (Wildman–Crippen MR) is 107 cm³/mol. The molecule has 0 aromatic carbocycles. The van der Waals surface area contributed by atoms with Crippen molar-refractivity contribution in [1.82, 2.24) is 15.5 Å². The van der Waals surface area contributed by atoms with E-state index in [2.05, 4.69) is 15.6 Å². The van der Waals surface area contributed by atoms with Gasteiger partial charge in [0.25, 0.3) is 5.91 Å². The number of carbonyl (C=O) groups excluding carboxylic acids is 3. The molecule has 3 aliphatic rings. The number of fused-ring (bicyclic) bond motifs is 1. The van der Waals surface area contributed by atoms with Gasteiger partial charge in [-0.2, -0.15) is 0 Å². The summed E-state index contributed by atoms with van der Waals surface area (Å²) in [6, 6.07) is -0.436. The highest BCUT2D eigenvalue weighted by atomic mass is 35.5. The number of ether oxygens (including phenoxy) is 2. The van der Waals surface area contributed by atoms with Crippen LogP contribution in [-0.2, 0) is 23.9 Å². The maximum atomic E-state index is 12.6. The number of amides is 1. The van der Waals surface area contributed by atoms with E-state index < -0.39 is 30.2 Å². The van der Waals surface area contributed by atoms with Crippen molar-refractivity contribution in [2.24, 2.45) is 10.4 Å². The first-order valence-corrected chi connectivity index (χ1v) is 9.78. The van der Waals surface area contributed by atoms with Crippen LogP contribution in [0.5, 0.6) is 0 Å². The lowest BCUT2D eigenvalue weighted by Gasteiger charge is -2.49. The average Bonchev–Trinajstić information content (AvgIpc) is 3.11. The van der Waals surface area contributed by atoms with Gasteiger partial charge in [0.1, 0.15) is 17.1 Å². The number of hydrogen-bond acceptors (Lipinski definition) is 9. The minimum absolute atomic E-state index is 0. The van der Waals surface area contributed by atoms with Crippen molar-refractivity contribution in [2.75, 3.05) is 25.6 Å². The molecule has 1 unspecified atom stereocenters. The molecule has 0 bridgehead atoms. The standard InChI is InChI=1S/C17H24N4O5S.ClH/c1-9-7-27-13-10(20-16-18-5-6-19-16)12(22)21(13)11(9)14(23)25-8-26-15(24)17(2,3)4;/h10,13H,5-8H2,1-4H3,(H2,18,19,20);1H/t10?,13-;/m1./s1. The van der Waals surface area contributed by atoms with Crippen molar-refractivity contribution >= 4 is 48.0 Å². The van der Waals surface area contributed by atoms with Crippen LogP contribution in [0.25, 0.3) is 0 Å². The number of nitrogens with zero attached hydrogens (tertiary/aromatic N) is 2. The Morgan fingerprint density at radius 2 is 2.07 bits per heavy atom. The van der Waals surface area contributed by atoms with E-state index >= 15 is 0 Å². The summed E-state index contributed by atoms with van der Waals surface area (Å²) in [5.41, 5.74) is 0.304. The summed E-state index contributed by atoms with van der Waals surface area (Å²) in [6.45, 7) is 7.86. The van der Waals surface area contributed by atoms with Crippen LogP contribution in [0.4, 0.5) is 0 Å². The van der Waals surface area contributed by atoms with Crippen LogP contribution in [0.1, 0.15) is 27.7 Å². The SMILES string of the molecule is CC1=C(C(=O)OCOC(=O)C(C)(C)C)N2C(=O)C(NC3=NCCN3)[C@H]2SC1.Cl. The van der Waals surface area contributed by atoms with Crippen molar-refractivity contribution in [3.05, 3.63) is 11.3 Å². The summed E-state index contributed by atoms with van der Waals surface area (Å²) < 4.78 is 10.1. The molecule has 2 atom stereocenters. The monoisotopic (exact) mass is 432 g/mol. The Labute approximate surface area is 174 Å². The Morgan fingerprint density at radius 3 is 2.68 bits per heavy atom. The molecule has 1 fully saturated rings. The fourth-order valence-corrected chi connectivity index (χ4v) is 4.12. The van der Waals surface area contributed by atoms with Gasteiger partial charge in [-0.15, -0.1) is 24.2 Å². The third-order valence-corrected chi connectivity index (χ3v) is 5.74. The summed E-state index contributed by atoms with van der Waals surface area (Å²) in [5, 5.41) is 5.97. The molecule has 3 aliphatic heterocycles. The average molecular weight is 433 g/mol. The number of thioether (sulfide) groups is 1. The smallest absolute Gasteiger partial charge is 0.357 e. The van der Waals surface area contributed by atoms with E-state index in [-0.39, 0.29) is 29.4 Å². The minimum atomic E-state index is -0.683. The quantitative estimate of drug-likeness (QED) is 0.377. The zero-order chi connectivity index (χ0) is 19.8. The Bertz CT molecular complexity index is 734. The molecule has 0 spiro atoms. The first-order valence-electron chi connectivity index (χ1n) is 8.74. The molecular formula is C17H25ClN4O5S. The molecule has 11 heteroatoms. The molecule has 0 saturated carbocycles. The lowest BCUT2D eigenvalue weighted by atomic mass is 9.98. The number of β-lactam (4-membered cyclic amide) rings is 1.